The third-order valence-electron chi connectivity index (χ3n) is 3.37. The van der Waals surface area contributed by atoms with E-state index in [-0.39, 0.29) is 12.3 Å². The molecule has 1 aliphatic rings. The molecule has 0 aromatic carbocycles. The van der Waals surface area contributed by atoms with Crippen LogP contribution in [0.2, 0.25) is 0 Å². The van der Waals surface area contributed by atoms with Crippen molar-refractivity contribution in [3.63, 3.8) is 0 Å². The molecular formula is C12H21NO4. The summed E-state index contributed by atoms with van der Waals surface area (Å²) in [7, 11) is 1.54. The van der Waals surface area contributed by atoms with E-state index in [1.54, 1.807) is 0 Å². The highest BCUT2D eigenvalue weighted by Gasteiger charge is 2.48. The van der Waals surface area contributed by atoms with Crippen molar-refractivity contribution in [3.8, 4) is 0 Å². The highest BCUT2D eigenvalue weighted by molar-refractivity contribution is 5.87. The normalized spacial score (nSPS) is 24.0. The second-order valence-corrected chi connectivity index (χ2v) is 4.48. The fourth-order valence-electron chi connectivity index (χ4n) is 2.57. The van der Waals surface area contributed by atoms with Gasteiger partial charge in [-0.25, -0.2) is 4.79 Å². The molecule has 0 radical (unpaired) electrons. The van der Waals surface area contributed by atoms with Gasteiger partial charge in [0, 0.05) is 13.7 Å². The van der Waals surface area contributed by atoms with Crippen LogP contribution in [0.15, 0.2) is 0 Å². The van der Waals surface area contributed by atoms with Gasteiger partial charge in [-0.3, -0.25) is 4.79 Å². The Hall–Kier alpha value is -1.10. The molecule has 17 heavy (non-hydrogen) atoms. The lowest BCUT2D eigenvalue weighted by Crippen LogP contribution is -2.53. The first-order valence-corrected chi connectivity index (χ1v) is 6.11. The lowest BCUT2D eigenvalue weighted by Gasteiger charge is -2.34. The molecule has 0 bridgehead atoms. The number of carbonyl (C=O) groups is 2. The first kappa shape index (κ1) is 14.0. The molecule has 0 aromatic heterocycles. The van der Waals surface area contributed by atoms with E-state index in [9.17, 15) is 14.7 Å². The second kappa shape index (κ2) is 6.00. The minimum atomic E-state index is -0.973. The summed E-state index contributed by atoms with van der Waals surface area (Å²) in [5, 5.41) is 9.41. The SMILES string of the molecule is CCCC1(C(=O)O)CCCN1C(=O)CCOC. The van der Waals surface area contributed by atoms with Crippen LogP contribution in [0.3, 0.4) is 0 Å². The van der Waals surface area contributed by atoms with Crippen molar-refractivity contribution in [2.45, 2.75) is 44.6 Å². The first-order valence-electron chi connectivity index (χ1n) is 6.11. The minimum absolute atomic E-state index is 0.111. The highest BCUT2D eigenvalue weighted by Crippen LogP contribution is 2.34. The average Bonchev–Trinajstić information content (AvgIpc) is 2.71. The average molecular weight is 243 g/mol. The number of carboxylic acid groups (broad SMARTS) is 1. The topological polar surface area (TPSA) is 66.8 Å². The van der Waals surface area contributed by atoms with Gasteiger partial charge in [-0.2, -0.15) is 0 Å². The van der Waals surface area contributed by atoms with Gasteiger partial charge < -0.3 is 14.7 Å². The van der Waals surface area contributed by atoms with E-state index in [0.29, 0.717) is 26.0 Å². The zero-order chi connectivity index (χ0) is 12.9. The Morgan fingerprint density at radius 1 is 1.47 bits per heavy atom. The maximum atomic E-state index is 12.0. The van der Waals surface area contributed by atoms with Gasteiger partial charge in [0.15, 0.2) is 0 Å². The first-order chi connectivity index (χ1) is 8.08. The van der Waals surface area contributed by atoms with E-state index in [0.717, 1.165) is 12.8 Å². The molecule has 98 valence electrons. The molecule has 0 aliphatic carbocycles. The van der Waals surface area contributed by atoms with Crippen LogP contribution >= 0.6 is 0 Å². The summed E-state index contributed by atoms with van der Waals surface area (Å²) in [5.74, 6) is -0.984. The molecule has 0 saturated carbocycles. The smallest absolute Gasteiger partial charge is 0.329 e. The van der Waals surface area contributed by atoms with Gasteiger partial charge in [0.05, 0.1) is 13.0 Å². The zero-order valence-electron chi connectivity index (χ0n) is 10.6. The molecule has 1 fully saturated rings. The maximum absolute atomic E-state index is 12.0. The van der Waals surface area contributed by atoms with E-state index < -0.39 is 11.5 Å². The van der Waals surface area contributed by atoms with Crippen LogP contribution in [0.4, 0.5) is 0 Å². The van der Waals surface area contributed by atoms with Crippen molar-refractivity contribution in [1.29, 1.82) is 0 Å². The molecular weight excluding hydrogens is 222 g/mol. The molecule has 1 atom stereocenters. The number of ether oxygens (including phenoxy) is 1. The van der Waals surface area contributed by atoms with Crippen molar-refractivity contribution in [3.05, 3.63) is 0 Å². The summed E-state index contributed by atoms with van der Waals surface area (Å²) < 4.78 is 4.87. The highest BCUT2D eigenvalue weighted by atomic mass is 16.5. The van der Waals surface area contributed by atoms with Crippen LogP contribution in [0.25, 0.3) is 0 Å². The number of carbonyl (C=O) groups excluding carboxylic acids is 1. The predicted octanol–water partition coefficient (Wildman–Crippen LogP) is 1.27. The van der Waals surface area contributed by atoms with Crippen LogP contribution < -0.4 is 0 Å². The molecule has 5 heteroatoms. The van der Waals surface area contributed by atoms with Crippen molar-refractivity contribution < 1.29 is 19.4 Å². The van der Waals surface area contributed by atoms with E-state index >= 15 is 0 Å². The van der Waals surface area contributed by atoms with Crippen LogP contribution in [-0.4, -0.2) is 47.7 Å². The van der Waals surface area contributed by atoms with Gasteiger partial charge in [0.25, 0.3) is 0 Å². The number of likely N-dealkylation sites (tertiary alicyclic amines) is 1. The molecule has 1 unspecified atom stereocenters. The van der Waals surface area contributed by atoms with E-state index in [2.05, 4.69) is 0 Å². The number of aliphatic carboxylic acids is 1. The third-order valence-corrected chi connectivity index (χ3v) is 3.37. The molecule has 5 nitrogen and oxygen atoms in total. The number of nitrogens with zero attached hydrogens (tertiary/aromatic N) is 1. The van der Waals surface area contributed by atoms with Gasteiger partial charge in [-0.15, -0.1) is 0 Å². The molecule has 1 saturated heterocycles. The van der Waals surface area contributed by atoms with Crippen molar-refractivity contribution in [2.75, 3.05) is 20.3 Å². The van der Waals surface area contributed by atoms with Crippen LogP contribution in [0.5, 0.6) is 0 Å². The molecule has 1 N–H and O–H groups in total. The standard InChI is InChI=1S/C12H21NO4/c1-3-6-12(11(15)16)7-4-8-13(12)10(14)5-9-17-2/h3-9H2,1-2H3,(H,15,16). The summed E-state index contributed by atoms with van der Waals surface area (Å²) >= 11 is 0. The van der Waals surface area contributed by atoms with Gasteiger partial charge >= 0.3 is 5.97 Å². The number of rotatable bonds is 6. The summed E-state index contributed by atoms with van der Waals surface area (Å²) in [4.78, 5) is 25.0. The largest absolute Gasteiger partial charge is 0.479 e. The molecule has 1 amide bonds. The summed E-state index contributed by atoms with van der Waals surface area (Å²) in [6, 6.07) is 0. The number of hydrogen-bond acceptors (Lipinski definition) is 3. The van der Waals surface area contributed by atoms with Crippen LogP contribution in [0, 0.1) is 0 Å². The Morgan fingerprint density at radius 2 is 2.18 bits per heavy atom. The lowest BCUT2D eigenvalue weighted by atomic mass is 9.90. The Labute approximate surface area is 102 Å². The lowest BCUT2D eigenvalue weighted by molar-refractivity contribution is -0.157. The van der Waals surface area contributed by atoms with Gasteiger partial charge in [0.2, 0.25) is 5.91 Å². The number of amides is 1. The second-order valence-electron chi connectivity index (χ2n) is 4.48. The Bertz CT molecular complexity index is 292. The number of hydrogen-bond donors (Lipinski definition) is 1. The number of methoxy groups -OCH3 is 1. The Balaban J connectivity index is 2.81. The fourth-order valence-corrected chi connectivity index (χ4v) is 2.57. The van der Waals surface area contributed by atoms with Gasteiger partial charge in [-0.1, -0.05) is 13.3 Å². The molecule has 1 aliphatic heterocycles. The quantitative estimate of drug-likeness (QED) is 0.763. The van der Waals surface area contributed by atoms with E-state index in [1.807, 2.05) is 6.92 Å². The Kier molecular flexibility index (Phi) is 4.93. The maximum Gasteiger partial charge on any atom is 0.329 e. The molecule has 1 rings (SSSR count). The van der Waals surface area contributed by atoms with Crippen molar-refractivity contribution in [2.24, 2.45) is 0 Å². The summed E-state index contributed by atoms with van der Waals surface area (Å²) in [5.41, 5.74) is -0.973. The van der Waals surface area contributed by atoms with Crippen molar-refractivity contribution in [1.82, 2.24) is 4.90 Å². The van der Waals surface area contributed by atoms with Crippen LogP contribution in [-0.2, 0) is 14.3 Å². The Morgan fingerprint density at radius 3 is 2.71 bits per heavy atom. The minimum Gasteiger partial charge on any atom is -0.479 e. The molecule has 1 heterocycles. The van der Waals surface area contributed by atoms with Crippen LogP contribution in [0.1, 0.15) is 39.0 Å². The zero-order valence-corrected chi connectivity index (χ0v) is 10.6. The van der Waals surface area contributed by atoms with E-state index in [1.165, 1.54) is 12.0 Å². The third kappa shape index (κ3) is 2.77. The van der Waals surface area contributed by atoms with Gasteiger partial charge in [0.1, 0.15) is 5.54 Å². The predicted molar refractivity (Wildman–Crippen MR) is 62.7 cm³/mol. The molecule has 0 spiro atoms. The number of carboxylic acids is 1. The van der Waals surface area contributed by atoms with Gasteiger partial charge in [-0.05, 0) is 19.3 Å². The van der Waals surface area contributed by atoms with E-state index in [4.69, 9.17) is 4.74 Å². The van der Waals surface area contributed by atoms with Crippen molar-refractivity contribution >= 4 is 11.9 Å². The summed E-state index contributed by atoms with van der Waals surface area (Å²) in [6.45, 7) is 2.84. The fraction of sp³-hybridized carbons (Fsp3) is 0.833. The molecule has 0 aromatic rings. The monoisotopic (exact) mass is 243 g/mol. The summed E-state index contributed by atoms with van der Waals surface area (Å²) in [6.07, 6.45) is 2.89.